The van der Waals surface area contributed by atoms with Crippen molar-refractivity contribution in [1.29, 1.82) is 0 Å². The molecule has 18 heavy (non-hydrogen) atoms. The van der Waals surface area contributed by atoms with Crippen LogP contribution in [0.4, 0.5) is 0 Å². The van der Waals surface area contributed by atoms with Gasteiger partial charge < -0.3 is 5.73 Å². The molecule has 0 saturated carbocycles. The molecule has 0 spiro atoms. The van der Waals surface area contributed by atoms with Crippen LogP contribution in [-0.2, 0) is 0 Å². The van der Waals surface area contributed by atoms with E-state index >= 15 is 0 Å². The molecule has 0 radical (unpaired) electrons. The summed E-state index contributed by atoms with van der Waals surface area (Å²) in [4.78, 5) is 4.28. The van der Waals surface area contributed by atoms with Crippen molar-refractivity contribution < 1.29 is 0 Å². The minimum Gasteiger partial charge on any atom is -0.324 e. The maximum atomic E-state index is 6.01. The summed E-state index contributed by atoms with van der Waals surface area (Å²) in [7, 11) is 0. The first-order valence-corrected chi connectivity index (χ1v) is 6.60. The van der Waals surface area contributed by atoms with Crippen molar-refractivity contribution in [2.45, 2.75) is 33.7 Å². The largest absolute Gasteiger partial charge is 0.324 e. The lowest BCUT2D eigenvalue weighted by Crippen LogP contribution is -2.06. The van der Waals surface area contributed by atoms with E-state index in [0.717, 1.165) is 22.4 Å². The summed E-state index contributed by atoms with van der Waals surface area (Å²) in [6, 6.07) is 9.77. The molecule has 3 heteroatoms. The molecule has 2 nitrogen and oxygen atoms in total. The summed E-state index contributed by atoms with van der Waals surface area (Å²) in [5.74, 6) is 0.833. The van der Waals surface area contributed by atoms with Crippen molar-refractivity contribution in [2.24, 2.45) is 11.7 Å². The molecule has 2 N–H and O–H groups in total. The Bertz CT molecular complexity index is 504. The van der Waals surface area contributed by atoms with E-state index in [0.29, 0.717) is 5.15 Å². The second-order valence-corrected chi connectivity index (χ2v) is 5.44. The lowest BCUT2D eigenvalue weighted by molar-refractivity contribution is 0.737. The molecule has 1 unspecified atom stereocenters. The van der Waals surface area contributed by atoms with Crippen LogP contribution in [0.15, 0.2) is 30.3 Å². The zero-order valence-electron chi connectivity index (χ0n) is 11.4. The van der Waals surface area contributed by atoms with Gasteiger partial charge in [0.25, 0.3) is 0 Å². The van der Waals surface area contributed by atoms with Crippen LogP contribution in [0.3, 0.4) is 0 Å². The Hall–Kier alpha value is -1.12. The van der Waals surface area contributed by atoms with E-state index in [1.807, 2.05) is 37.3 Å². The lowest BCUT2D eigenvalue weighted by Gasteiger charge is -2.08. The van der Waals surface area contributed by atoms with Crippen molar-refractivity contribution >= 4 is 22.5 Å². The van der Waals surface area contributed by atoms with E-state index in [4.69, 9.17) is 17.3 Å². The van der Waals surface area contributed by atoms with Gasteiger partial charge in [-0.1, -0.05) is 50.6 Å². The standard InChI is InChI=1S/C11H11ClN2.C4H10/c1-7(13)9-6-8-4-2-3-5-10(8)14-11(9)12;1-4(2)3/h2-7H,13H2,1H3;4H,1-3H3. The third kappa shape index (κ3) is 4.28. The van der Waals surface area contributed by atoms with Crippen LogP contribution in [-0.4, -0.2) is 4.98 Å². The molecule has 1 atom stereocenters. The van der Waals surface area contributed by atoms with Crippen LogP contribution in [0.2, 0.25) is 5.15 Å². The maximum absolute atomic E-state index is 6.01. The van der Waals surface area contributed by atoms with E-state index in [-0.39, 0.29) is 6.04 Å². The lowest BCUT2D eigenvalue weighted by atomic mass is 10.1. The second kappa shape index (κ2) is 6.72. The zero-order valence-corrected chi connectivity index (χ0v) is 12.2. The number of benzene rings is 1. The van der Waals surface area contributed by atoms with Gasteiger partial charge in [-0.05, 0) is 25.0 Å². The van der Waals surface area contributed by atoms with Crippen LogP contribution < -0.4 is 5.73 Å². The highest BCUT2D eigenvalue weighted by Crippen LogP contribution is 2.23. The number of nitrogens with zero attached hydrogens (tertiary/aromatic N) is 1. The Morgan fingerprint density at radius 3 is 2.22 bits per heavy atom. The molecule has 0 amide bonds. The molecule has 0 aliphatic heterocycles. The summed E-state index contributed by atoms with van der Waals surface area (Å²) >= 11 is 6.01. The molecular formula is C15H21ClN2. The molecule has 1 aromatic heterocycles. The summed E-state index contributed by atoms with van der Waals surface area (Å²) in [5.41, 5.74) is 7.58. The normalized spacial score (nSPS) is 12.2. The van der Waals surface area contributed by atoms with Crippen LogP contribution in [0, 0.1) is 5.92 Å². The highest BCUT2D eigenvalue weighted by atomic mass is 35.5. The first kappa shape index (κ1) is 14.9. The van der Waals surface area contributed by atoms with Crippen molar-refractivity contribution in [2.75, 3.05) is 0 Å². The third-order valence-electron chi connectivity index (χ3n) is 2.20. The molecular weight excluding hydrogens is 244 g/mol. The summed E-state index contributed by atoms with van der Waals surface area (Å²) in [5, 5.41) is 1.57. The predicted molar refractivity (Wildman–Crippen MR) is 79.9 cm³/mol. The highest BCUT2D eigenvalue weighted by molar-refractivity contribution is 6.30. The Balaban J connectivity index is 0.000000357. The average Bonchev–Trinajstić information content (AvgIpc) is 2.27. The molecule has 0 aliphatic rings. The van der Waals surface area contributed by atoms with Gasteiger partial charge in [0, 0.05) is 17.0 Å². The molecule has 2 aromatic rings. The highest BCUT2D eigenvalue weighted by Gasteiger charge is 2.07. The predicted octanol–water partition coefficient (Wildman–Crippen LogP) is 4.57. The maximum Gasteiger partial charge on any atom is 0.134 e. The number of pyridine rings is 1. The van der Waals surface area contributed by atoms with Gasteiger partial charge in [0.05, 0.1) is 5.52 Å². The van der Waals surface area contributed by atoms with Gasteiger partial charge in [0.15, 0.2) is 0 Å². The molecule has 1 aromatic carbocycles. The zero-order chi connectivity index (χ0) is 13.7. The molecule has 98 valence electrons. The Morgan fingerprint density at radius 2 is 1.67 bits per heavy atom. The van der Waals surface area contributed by atoms with Crippen LogP contribution in [0.25, 0.3) is 10.9 Å². The van der Waals surface area contributed by atoms with E-state index in [9.17, 15) is 0 Å². The van der Waals surface area contributed by atoms with Crippen molar-refractivity contribution in [3.63, 3.8) is 0 Å². The van der Waals surface area contributed by atoms with Crippen LogP contribution in [0.1, 0.15) is 39.3 Å². The van der Waals surface area contributed by atoms with Crippen LogP contribution >= 0.6 is 11.6 Å². The number of hydrogen-bond donors (Lipinski definition) is 1. The first-order valence-electron chi connectivity index (χ1n) is 6.22. The van der Waals surface area contributed by atoms with Gasteiger partial charge in [-0.25, -0.2) is 4.98 Å². The molecule has 0 bridgehead atoms. The average molecular weight is 265 g/mol. The second-order valence-electron chi connectivity index (χ2n) is 5.08. The fourth-order valence-electron chi connectivity index (χ4n) is 1.43. The number of fused-ring (bicyclic) bond motifs is 1. The first-order chi connectivity index (χ1) is 8.41. The van der Waals surface area contributed by atoms with Crippen molar-refractivity contribution in [3.05, 3.63) is 41.0 Å². The van der Waals surface area contributed by atoms with Gasteiger partial charge in [-0.3, -0.25) is 0 Å². The van der Waals surface area contributed by atoms with Crippen LogP contribution in [0.5, 0.6) is 0 Å². The van der Waals surface area contributed by atoms with Gasteiger partial charge in [0.2, 0.25) is 0 Å². The topological polar surface area (TPSA) is 38.9 Å². The van der Waals surface area contributed by atoms with Crippen molar-refractivity contribution in [1.82, 2.24) is 4.98 Å². The number of nitrogens with two attached hydrogens (primary N) is 1. The van der Waals surface area contributed by atoms with Crippen molar-refractivity contribution in [3.8, 4) is 0 Å². The number of rotatable bonds is 1. The summed E-state index contributed by atoms with van der Waals surface area (Å²) < 4.78 is 0. The fraction of sp³-hybridized carbons (Fsp3) is 0.400. The Labute approximate surface area is 114 Å². The van der Waals surface area contributed by atoms with Gasteiger partial charge >= 0.3 is 0 Å². The molecule has 0 aliphatic carbocycles. The van der Waals surface area contributed by atoms with E-state index in [2.05, 4.69) is 25.8 Å². The molecule has 0 fully saturated rings. The Morgan fingerprint density at radius 1 is 1.11 bits per heavy atom. The third-order valence-corrected chi connectivity index (χ3v) is 2.50. The van der Waals surface area contributed by atoms with Gasteiger partial charge in [-0.2, -0.15) is 0 Å². The van der Waals surface area contributed by atoms with Gasteiger partial charge in [-0.15, -0.1) is 0 Å². The molecule has 1 heterocycles. The molecule has 2 rings (SSSR count). The quantitative estimate of drug-likeness (QED) is 0.767. The minimum absolute atomic E-state index is 0.0837. The van der Waals surface area contributed by atoms with Gasteiger partial charge in [0.1, 0.15) is 5.15 Å². The number of halogens is 1. The SMILES string of the molecule is CC(C)C.CC(N)c1cc2ccccc2nc1Cl. The fourth-order valence-corrected chi connectivity index (χ4v) is 1.75. The summed E-state index contributed by atoms with van der Waals surface area (Å²) in [6.45, 7) is 8.40. The number of aromatic nitrogens is 1. The number of hydrogen-bond acceptors (Lipinski definition) is 2. The summed E-state index contributed by atoms with van der Waals surface area (Å²) in [6.07, 6.45) is 0. The van der Waals surface area contributed by atoms with E-state index in [1.54, 1.807) is 0 Å². The monoisotopic (exact) mass is 264 g/mol. The smallest absolute Gasteiger partial charge is 0.134 e. The Kier molecular flexibility index (Phi) is 5.57. The molecule has 0 saturated heterocycles. The number of para-hydroxylation sites is 1. The van der Waals surface area contributed by atoms with E-state index in [1.165, 1.54) is 0 Å². The van der Waals surface area contributed by atoms with E-state index < -0.39 is 0 Å². The minimum atomic E-state index is -0.0837.